The number of alkyl halides is 3. The molecule has 10 aromatic heterocycles. The Balaban J connectivity index is 0.000000220. The summed E-state index contributed by atoms with van der Waals surface area (Å²) in [4.78, 5) is 89.6. The summed E-state index contributed by atoms with van der Waals surface area (Å²) in [6.07, 6.45) is 50.2. The highest BCUT2D eigenvalue weighted by Crippen LogP contribution is 2.30. The van der Waals surface area contributed by atoms with E-state index in [4.69, 9.17) is 36.9 Å². The molecule has 5 amide bonds. The number of thioether (sulfide) groups is 2. The van der Waals surface area contributed by atoms with Gasteiger partial charge in [-0.15, -0.1) is 32.1 Å². The summed E-state index contributed by atoms with van der Waals surface area (Å²) in [6.45, 7) is 20.8. The molecule has 113 heavy (non-hydrogen) atoms. The van der Waals surface area contributed by atoms with Crippen LogP contribution in [0, 0.1) is 108 Å². The van der Waals surface area contributed by atoms with Gasteiger partial charge in [0.15, 0.2) is 0 Å². The Bertz CT molecular complexity index is 4970. The number of aromatic nitrogens is 15. The minimum absolute atomic E-state index is 0.0122. The SMILES string of the molecule is C#CCN(C(=O)C(C)C)c1cn(-c2cccnc2)nc1C.C#CCN(C(=O)C(C)CSC)c1cn(-c2cccnc2)nc1C.C#CCN(C(=O)CCC(F)(F)F)c1cn(-c2cccnc2)nc1C.C#CCN(C(=O)CCSC)c1cn(-c2cccnc2)nc1C.C#CCN(C(=O)OC(C)(C)C)c1cn(-c2cccnc2)nc1C. The van der Waals surface area contributed by atoms with Gasteiger partial charge in [-0.2, -0.15) is 62.2 Å². The number of rotatable bonds is 24. The van der Waals surface area contributed by atoms with Crippen molar-refractivity contribution in [3.8, 4) is 90.2 Å². The van der Waals surface area contributed by atoms with Gasteiger partial charge in [-0.25, -0.2) is 28.2 Å². The van der Waals surface area contributed by atoms with E-state index in [1.54, 1.807) is 150 Å². The van der Waals surface area contributed by atoms with Crippen LogP contribution in [0.15, 0.2) is 154 Å². The normalized spacial score (nSPS) is 10.9. The molecule has 0 N–H and O–H groups in total. The number of pyridine rings is 5. The van der Waals surface area contributed by atoms with E-state index < -0.39 is 36.6 Å². The number of amides is 5. The summed E-state index contributed by atoms with van der Waals surface area (Å²) < 4.78 is 50.7. The molecule has 10 rings (SSSR count). The zero-order valence-electron chi connectivity index (χ0n) is 65.4. The lowest BCUT2D eigenvalue weighted by Gasteiger charge is -2.25. The predicted octanol–water partition coefficient (Wildman–Crippen LogP) is 12.9. The van der Waals surface area contributed by atoms with Crippen molar-refractivity contribution in [3.63, 3.8) is 0 Å². The van der Waals surface area contributed by atoms with Crippen LogP contribution in [0.3, 0.4) is 0 Å². The van der Waals surface area contributed by atoms with Crippen LogP contribution >= 0.6 is 23.5 Å². The second kappa shape index (κ2) is 43.6. The Morgan fingerprint density at radius 3 is 0.991 bits per heavy atom. The first-order valence-electron chi connectivity index (χ1n) is 35.2. The first-order chi connectivity index (χ1) is 53.9. The lowest BCUT2D eigenvalue weighted by molar-refractivity contribution is -0.143. The molecule has 31 heteroatoms. The zero-order valence-corrected chi connectivity index (χ0v) is 67.0. The van der Waals surface area contributed by atoms with Crippen molar-refractivity contribution < 1.29 is 41.9 Å². The van der Waals surface area contributed by atoms with Crippen molar-refractivity contribution in [1.82, 2.24) is 73.8 Å². The molecule has 1 unspecified atom stereocenters. The van der Waals surface area contributed by atoms with E-state index in [2.05, 4.69) is 80.0 Å². The molecule has 0 bridgehead atoms. The van der Waals surface area contributed by atoms with E-state index in [9.17, 15) is 37.1 Å². The van der Waals surface area contributed by atoms with E-state index in [1.165, 1.54) is 9.58 Å². The van der Waals surface area contributed by atoms with Crippen LogP contribution in [-0.2, 0) is 23.9 Å². The van der Waals surface area contributed by atoms with E-state index in [-0.39, 0.29) is 62.3 Å². The molecule has 588 valence electrons. The molecule has 10 aromatic rings. The first-order valence-corrected chi connectivity index (χ1v) is 38.0. The van der Waals surface area contributed by atoms with Crippen LogP contribution in [0.5, 0.6) is 0 Å². The Morgan fingerprint density at radius 1 is 0.442 bits per heavy atom. The highest BCUT2D eigenvalue weighted by Gasteiger charge is 2.32. The average Bonchev–Trinajstić information content (AvgIpc) is 1.70. The summed E-state index contributed by atoms with van der Waals surface area (Å²) in [5, 5.41) is 22.1. The lowest BCUT2D eigenvalue weighted by Crippen LogP contribution is -2.37. The number of halogens is 3. The Kier molecular flexibility index (Phi) is 34.4. The number of ether oxygens (including phenoxy) is 1. The fourth-order valence-electron chi connectivity index (χ4n) is 10.5. The maximum Gasteiger partial charge on any atom is 0.415 e. The summed E-state index contributed by atoms with van der Waals surface area (Å²) in [5.41, 5.74) is 10.0. The summed E-state index contributed by atoms with van der Waals surface area (Å²) in [6, 6.07) is 18.4. The maximum absolute atomic E-state index is 12.7. The topological polar surface area (TPSA) is 264 Å². The quantitative estimate of drug-likeness (QED) is 0.0509. The van der Waals surface area contributed by atoms with Gasteiger partial charge >= 0.3 is 12.3 Å². The van der Waals surface area contributed by atoms with Crippen LogP contribution in [-0.4, -0.2) is 172 Å². The molecule has 0 aromatic carbocycles. The smallest absolute Gasteiger partial charge is 0.415 e. The molecule has 26 nitrogen and oxygen atoms in total. The fourth-order valence-corrected chi connectivity index (χ4v) is 11.5. The molecule has 0 saturated heterocycles. The molecule has 0 fully saturated rings. The van der Waals surface area contributed by atoms with Crippen molar-refractivity contribution in [2.45, 2.75) is 107 Å². The highest BCUT2D eigenvalue weighted by molar-refractivity contribution is 7.98. The Labute approximate surface area is 666 Å². The summed E-state index contributed by atoms with van der Waals surface area (Å²) >= 11 is 3.29. The van der Waals surface area contributed by atoms with Crippen molar-refractivity contribution in [3.05, 3.63) is 182 Å². The van der Waals surface area contributed by atoms with Crippen LogP contribution in [0.25, 0.3) is 28.4 Å². The number of nitrogens with zero attached hydrogens (tertiary/aromatic N) is 20. The number of anilines is 5. The molecular weight excluding hydrogens is 1480 g/mol. The fraction of sp³-hybridized carbons (Fsp3) is 0.329. The summed E-state index contributed by atoms with van der Waals surface area (Å²) in [5.74, 6) is 13.1. The zero-order chi connectivity index (χ0) is 83.0. The molecule has 10 heterocycles. The van der Waals surface area contributed by atoms with Crippen LogP contribution in [0.4, 0.5) is 46.4 Å². The Hall–Kier alpha value is -12.8. The van der Waals surface area contributed by atoms with Gasteiger partial charge in [0.25, 0.3) is 0 Å². The van der Waals surface area contributed by atoms with Gasteiger partial charge in [0.1, 0.15) is 5.60 Å². The van der Waals surface area contributed by atoms with Gasteiger partial charge < -0.3 is 4.74 Å². The predicted molar refractivity (Wildman–Crippen MR) is 438 cm³/mol. The van der Waals surface area contributed by atoms with Crippen LogP contribution in [0.2, 0.25) is 0 Å². The van der Waals surface area contributed by atoms with E-state index in [0.717, 1.165) is 73.3 Å². The number of carbonyl (C=O) groups excluding carboxylic acids is 5. The summed E-state index contributed by atoms with van der Waals surface area (Å²) in [7, 11) is 0. The molecular formula is C82H91F3N20O6S2. The van der Waals surface area contributed by atoms with Gasteiger partial charge in [0.05, 0.1) is 186 Å². The number of hydrogen-bond acceptors (Lipinski definition) is 18. The molecule has 0 spiro atoms. The van der Waals surface area contributed by atoms with E-state index in [0.29, 0.717) is 34.9 Å². The van der Waals surface area contributed by atoms with E-state index >= 15 is 0 Å². The average molecular weight is 1570 g/mol. The maximum atomic E-state index is 12.7. The minimum Gasteiger partial charge on any atom is -0.443 e. The van der Waals surface area contributed by atoms with Gasteiger partial charge in [-0.05, 0) is 129 Å². The van der Waals surface area contributed by atoms with Crippen molar-refractivity contribution in [2.75, 3.05) is 81.2 Å². The van der Waals surface area contributed by atoms with Crippen LogP contribution < -0.4 is 24.5 Å². The number of hydrogen-bond donors (Lipinski definition) is 0. The van der Waals surface area contributed by atoms with E-state index in [1.807, 2.05) is 149 Å². The monoisotopic (exact) mass is 1570 g/mol. The van der Waals surface area contributed by atoms with Gasteiger partial charge in [-0.3, -0.25) is 68.6 Å². The second-order valence-corrected chi connectivity index (χ2v) is 27.9. The molecule has 0 aliphatic heterocycles. The second-order valence-electron chi connectivity index (χ2n) is 26.0. The Morgan fingerprint density at radius 2 is 0.726 bits per heavy atom. The first kappa shape index (κ1) is 89.1. The van der Waals surface area contributed by atoms with Gasteiger partial charge in [0.2, 0.25) is 23.6 Å². The third-order valence-corrected chi connectivity index (χ3v) is 17.3. The molecule has 1 atom stereocenters. The molecule has 0 aliphatic rings. The van der Waals surface area contributed by atoms with Crippen molar-refractivity contribution >= 4 is 81.7 Å². The minimum atomic E-state index is -4.40. The van der Waals surface area contributed by atoms with Crippen molar-refractivity contribution in [2.24, 2.45) is 11.8 Å². The third kappa shape index (κ3) is 26.5. The van der Waals surface area contributed by atoms with Crippen molar-refractivity contribution in [1.29, 1.82) is 0 Å². The number of aryl methyl sites for hydroxylation is 5. The highest BCUT2D eigenvalue weighted by atomic mass is 32.2. The molecule has 0 saturated carbocycles. The molecule has 0 aliphatic carbocycles. The number of terminal acetylenes is 5. The van der Waals surface area contributed by atoms with Gasteiger partial charge in [-0.1, -0.05) is 50.4 Å². The third-order valence-electron chi connectivity index (χ3n) is 15.8. The standard InChI is InChI=1S/C17H20N4O2.C17H20N4OS.C16H15F3N4O.C16H18N4OS.C16H18N4O/c1-6-10-20(16(22)23-17(3,4)5)15-12-21(19-13(15)2)14-8-7-9-18-11-14;1-5-9-20(17(22)13(2)12-23-4)16-11-21(19-14(16)3)15-7-6-8-18-10-15;1-3-9-22(15(24)6-7-16(17,18)19)14-11-23(21-12(14)2)13-5-4-8-20-10-13;1-4-9-19(16(21)7-10-22-3)15-12-20(18-13(15)2)14-6-5-8-17-11-14;1-5-9-19(16(21)12(2)3)15-11-20(18-13(15)4)14-7-6-8-17-10-14/h1,7-9,11-12H,10H2,2-5H3;1,6-8,10-11,13H,9,12H2,2-4H3;1,4-5,8,10-11H,6-7,9H2,2H3;1,5-6,8,11-12H,7,9-10H2,2-3H3;1,6-8,10-12H,9H2,2-4H3. The lowest BCUT2D eigenvalue weighted by atomic mass is 10.1. The van der Waals surface area contributed by atoms with Crippen LogP contribution in [0.1, 0.15) is 89.3 Å². The molecule has 0 radical (unpaired) electrons. The number of carbonyl (C=O) groups is 5. The van der Waals surface area contributed by atoms with Gasteiger partial charge in [0, 0.05) is 67.2 Å². The largest absolute Gasteiger partial charge is 0.443 e.